The molecule has 0 fully saturated rings. The van der Waals surface area contributed by atoms with E-state index in [1.54, 1.807) is 50.5 Å². The lowest BCUT2D eigenvalue weighted by atomic mass is 9.80. The second kappa shape index (κ2) is 10.3. The molecule has 0 aliphatic carbocycles. The van der Waals surface area contributed by atoms with Gasteiger partial charge in [-0.2, -0.15) is 0 Å². The maximum Gasteiger partial charge on any atom is 0.336 e. The summed E-state index contributed by atoms with van der Waals surface area (Å²) in [5, 5.41) is 3.55. The van der Waals surface area contributed by atoms with Crippen LogP contribution in [0.5, 0.6) is 0 Å². The van der Waals surface area contributed by atoms with Gasteiger partial charge in [-0.25, -0.2) is 14.6 Å². The van der Waals surface area contributed by atoms with Crippen molar-refractivity contribution in [3.8, 4) is 0 Å². The van der Waals surface area contributed by atoms with Crippen LogP contribution in [0.1, 0.15) is 31.2 Å². The minimum atomic E-state index is -0.774. The van der Waals surface area contributed by atoms with Gasteiger partial charge in [-0.3, -0.25) is 0 Å². The number of nitrogens with one attached hydrogen (secondary N) is 2. The Morgan fingerprint density at radius 3 is 2.58 bits per heavy atom. The highest BCUT2D eigenvalue weighted by molar-refractivity contribution is 6.31. The van der Waals surface area contributed by atoms with Gasteiger partial charge in [0.1, 0.15) is 12.4 Å². The molecule has 1 atom stereocenters. The molecule has 0 saturated heterocycles. The van der Waals surface area contributed by atoms with E-state index in [2.05, 4.69) is 15.3 Å². The number of dihydropyridines is 1. The molecule has 1 aromatic heterocycles. The Balaban J connectivity index is 2.07. The van der Waals surface area contributed by atoms with Crippen molar-refractivity contribution < 1.29 is 23.8 Å². The molecule has 164 valence electrons. The zero-order valence-corrected chi connectivity index (χ0v) is 18.3. The second-order valence-corrected chi connectivity index (χ2v) is 7.16. The quantitative estimate of drug-likeness (QED) is 0.601. The summed E-state index contributed by atoms with van der Waals surface area (Å²) >= 11 is 6.47. The number of methoxy groups -OCH3 is 1. The summed E-state index contributed by atoms with van der Waals surface area (Å²) in [4.78, 5) is 32.8. The maximum absolute atomic E-state index is 13.0. The second-order valence-electron chi connectivity index (χ2n) is 6.75. The van der Waals surface area contributed by atoms with E-state index in [0.29, 0.717) is 27.8 Å². The number of benzene rings is 1. The molecule has 1 aromatic carbocycles. The number of hydrogen-bond donors (Lipinski definition) is 2. The number of ether oxygens (including phenoxy) is 3. The molecular formula is C22H24ClN3O5. The van der Waals surface area contributed by atoms with Gasteiger partial charge in [0.25, 0.3) is 0 Å². The minimum absolute atomic E-state index is 0.0710. The Bertz CT molecular complexity index is 1010. The number of allylic oxidation sites excluding steroid dienone is 1. The fourth-order valence-electron chi connectivity index (χ4n) is 3.49. The van der Waals surface area contributed by atoms with Crippen molar-refractivity contribution in [2.45, 2.75) is 26.4 Å². The van der Waals surface area contributed by atoms with Crippen LogP contribution >= 0.6 is 11.6 Å². The summed E-state index contributed by atoms with van der Waals surface area (Å²) in [6.07, 6.45) is 3.33. The number of nitrogens with zero attached hydrogens (tertiary/aromatic N) is 1. The summed E-state index contributed by atoms with van der Waals surface area (Å²) in [5.74, 6) is -1.25. The van der Waals surface area contributed by atoms with E-state index >= 15 is 0 Å². The predicted molar refractivity (Wildman–Crippen MR) is 114 cm³/mol. The van der Waals surface area contributed by atoms with Crippen molar-refractivity contribution in [1.82, 2.24) is 15.3 Å². The van der Waals surface area contributed by atoms with Crippen molar-refractivity contribution in [3.05, 3.63) is 75.6 Å². The van der Waals surface area contributed by atoms with E-state index < -0.39 is 17.9 Å². The van der Waals surface area contributed by atoms with Crippen LogP contribution in [-0.2, 0) is 30.4 Å². The first-order valence-electron chi connectivity index (χ1n) is 9.74. The Labute approximate surface area is 185 Å². The summed E-state index contributed by atoms with van der Waals surface area (Å²) in [5.41, 5.74) is 2.16. The minimum Gasteiger partial charge on any atom is -0.466 e. The zero-order chi connectivity index (χ0) is 22.4. The molecule has 0 bridgehead atoms. The molecule has 0 amide bonds. The van der Waals surface area contributed by atoms with Gasteiger partial charge < -0.3 is 24.5 Å². The van der Waals surface area contributed by atoms with Crippen molar-refractivity contribution in [1.29, 1.82) is 0 Å². The van der Waals surface area contributed by atoms with Crippen LogP contribution in [0, 0.1) is 0 Å². The highest BCUT2D eigenvalue weighted by Gasteiger charge is 2.39. The third kappa shape index (κ3) is 4.98. The van der Waals surface area contributed by atoms with E-state index in [0.717, 1.165) is 0 Å². The van der Waals surface area contributed by atoms with Crippen molar-refractivity contribution in [2.75, 3.05) is 20.3 Å². The van der Waals surface area contributed by atoms with E-state index in [1.807, 2.05) is 0 Å². The summed E-state index contributed by atoms with van der Waals surface area (Å²) in [7, 11) is 1.29. The van der Waals surface area contributed by atoms with E-state index in [-0.39, 0.29) is 31.0 Å². The number of carbonyl (C=O) groups excluding carboxylic acids is 2. The van der Waals surface area contributed by atoms with Crippen LogP contribution in [0.2, 0.25) is 5.02 Å². The molecule has 1 aliphatic heterocycles. The normalized spacial score (nSPS) is 16.2. The van der Waals surface area contributed by atoms with Crippen LogP contribution in [0.25, 0.3) is 0 Å². The van der Waals surface area contributed by atoms with E-state index in [9.17, 15) is 9.59 Å². The first kappa shape index (κ1) is 22.6. The van der Waals surface area contributed by atoms with Crippen molar-refractivity contribution in [3.63, 3.8) is 0 Å². The van der Waals surface area contributed by atoms with Crippen LogP contribution in [0.4, 0.5) is 0 Å². The Kier molecular flexibility index (Phi) is 7.49. The number of hydrogen-bond acceptors (Lipinski definition) is 7. The molecule has 0 spiro atoms. The van der Waals surface area contributed by atoms with Gasteiger partial charge in [0.05, 0.1) is 43.1 Å². The molecular weight excluding hydrogens is 422 g/mol. The van der Waals surface area contributed by atoms with E-state index in [4.69, 9.17) is 25.8 Å². The number of aromatic nitrogens is 2. The number of H-pyrrole nitrogens is 1. The van der Waals surface area contributed by atoms with Gasteiger partial charge in [0.2, 0.25) is 0 Å². The summed E-state index contributed by atoms with van der Waals surface area (Å²) < 4.78 is 16.1. The lowest BCUT2D eigenvalue weighted by molar-refractivity contribution is -0.139. The number of rotatable bonds is 8. The zero-order valence-electron chi connectivity index (χ0n) is 17.5. The Morgan fingerprint density at radius 2 is 1.94 bits per heavy atom. The highest BCUT2D eigenvalue weighted by atomic mass is 35.5. The third-order valence-electron chi connectivity index (χ3n) is 4.80. The Hall–Kier alpha value is -3.10. The molecule has 0 saturated carbocycles. The molecule has 2 N–H and O–H groups in total. The first-order valence-corrected chi connectivity index (χ1v) is 10.1. The van der Waals surface area contributed by atoms with Crippen molar-refractivity contribution >= 4 is 23.5 Å². The third-order valence-corrected chi connectivity index (χ3v) is 5.15. The Morgan fingerprint density at radius 1 is 1.16 bits per heavy atom. The van der Waals surface area contributed by atoms with Gasteiger partial charge in [0, 0.05) is 23.1 Å². The molecule has 1 aliphatic rings. The lowest BCUT2D eigenvalue weighted by Crippen LogP contribution is -2.34. The van der Waals surface area contributed by atoms with Gasteiger partial charge in [-0.1, -0.05) is 29.8 Å². The van der Waals surface area contributed by atoms with E-state index in [1.165, 1.54) is 7.11 Å². The van der Waals surface area contributed by atoms with Gasteiger partial charge in [-0.15, -0.1) is 0 Å². The van der Waals surface area contributed by atoms with Crippen LogP contribution in [0.3, 0.4) is 0 Å². The van der Waals surface area contributed by atoms with Crippen molar-refractivity contribution in [2.24, 2.45) is 0 Å². The number of halogens is 1. The smallest absolute Gasteiger partial charge is 0.336 e. The summed E-state index contributed by atoms with van der Waals surface area (Å²) in [6, 6.07) is 7.06. The van der Waals surface area contributed by atoms with Gasteiger partial charge in [0.15, 0.2) is 0 Å². The van der Waals surface area contributed by atoms with Crippen LogP contribution < -0.4 is 5.32 Å². The molecule has 3 rings (SSSR count). The number of carbonyl (C=O) groups is 2. The predicted octanol–water partition coefficient (Wildman–Crippen LogP) is 3.23. The fraction of sp³-hybridized carbons (Fsp3) is 0.318. The number of esters is 2. The molecule has 31 heavy (non-hydrogen) atoms. The summed E-state index contributed by atoms with van der Waals surface area (Å²) in [6.45, 7) is 3.92. The molecule has 2 heterocycles. The van der Waals surface area contributed by atoms with Gasteiger partial charge >= 0.3 is 11.9 Å². The fourth-order valence-corrected chi connectivity index (χ4v) is 3.73. The monoisotopic (exact) mass is 445 g/mol. The first-order chi connectivity index (χ1) is 15.0. The topological polar surface area (TPSA) is 103 Å². The average Bonchev–Trinajstić information content (AvgIpc) is 3.27. The number of imidazole rings is 1. The number of aromatic amines is 1. The lowest BCUT2D eigenvalue weighted by Gasteiger charge is -2.31. The molecule has 1 unspecified atom stereocenters. The van der Waals surface area contributed by atoms with Gasteiger partial charge in [-0.05, 0) is 25.5 Å². The maximum atomic E-state index is 13.0. The average molecular weight is 446 g/mol. The van der Waals surface area contributed by atoms with Crippen LogP contribution in [0.15, 0.2) is 59.2 Å². The van der Waals surface area contributed by atoms with Crippen LogP contribution in [-0.4, -0.2) is 42.2 Å². The molecule has 8 nitrogen and oxygen atoms in total. The highest BCUT2D eigenvalue weighted by Crippen LogP contribution is 2.41. The molecule has 0 radical (unpaired) electrons. The standard InChI is InChI=1S/C22H24ClN3O5/c1-4-31-22(28)20-16(11-30-12-17-24-9-10-25-17)26-13(2)18(21(27)29-3)19(20)14-7-5-6-8-15(14)23/h5-10,19,26H,4,11-12H2,1-3H3,(H,24,25). The largest absolute Gasteiger partial charge is 0.466 e. The molecule has 2 aromatic rings. The molecule has 9 heteroatoms. The SMILES string of the molecule is CCOC(=O)C1=C(COCc2ncc[nH]2)NC(C)=C(C(=O)OC)C1c1ccccc1Cl.